The summed E-state index contributed by atoms with van der Waals surface area (Å²) in [4.78, 5) is 27.0. The molecule has 1 heterocycles. The number of ether oxygens (including phenoxy) is 1. The maximum Gasteiger partial charge on any atom is 0.251 e. The minimum atomic E-state index is -0.488. The summed E-state index contributed by atoms with van der Waals surface area (Å²) >= 11 is 0. The summed E-state index contributed by atoms with van der Waals surface area (Å²) in [6.45, 7) is 14.0. The van der Waals surface area contributed by atoms with E-state index in [0.717, 1.165) is 19.6 Å². The molecule has 27 heavy (non-hydrogen) atoms. The third kappa shape index (κ3) is 6.96. The smallest absolute Gasteiger partial charge is 0.251 e. The third-order valence-electron chi connectivity index (χ3n) is 4.40. The van der Waals surface area contributed by atoms with Crippen LogP contribution in [-0.4, -0.2) is 55.6 Å². The Morgan fingerprint density at radius 2 is 2.04 bits per heavy atom. The molecule has 0 radical (unpaired) electrons. The van der Waals surface area contributed by atoms with Gasteiger partial charge in [-0.3, -0.25) is 14.5 Å². The number of anilines is 1. The molecule has 0 aromatic heterocycles. The topological polar surface area (TPSA) is 70.7 Å². The summed E-state index contributed by atoms with van der Waals surface area (Å²) in [5.41, 5.74) is 0.662. The van der Waals surface area contributed by atoms with Crippen molar-refractivity contribution in [3.63, 3.8) is 0 Å². The van der Waals surface area contributed by atoms with Crippen LogP contribution in [0.3, 0.4) is 0 Å². The zero-order valence-electron chi connectivity index (χ0n) is 17.2. The molecule has 2 amide bonds. The minimum absolute atomic E-state index is 0.00484. The number of hydrogen-bond donors (Lipinski definition) is 2. The molecule has 150 valence electrons. The fraction of sp³-hybridized carbons (Fsp3) is 0.619. The zero-order chi connectivity index (χ0) is 20.0. The quantitative estimate of drug-likeness (QED) is 0.802. The summed E-state index contributed by atoms with van der Waals surface area (Å²) in [5.74, 6) is 0.372. The van der Waals surface area contributed by atoms with E-state index in [2.05, 4.69) is 29.4 Å². The van der Waals surface area contributed by atoms with E-state index in [1.807, 2.05) is 20.8 Å². The van der Waals surface area contributed by atoms with Crippen molar-refractivity contribution in [3.05, 3.63) is 29.8 Å². The molecule has 6 heteroatoms. The summed E-state index contributed by atoms with van der Waals surface area (Å²) < 4.78 is 5.78. The maximum absolute atomic E-state index is 12.5. The van der Waals surface area contributed by atoms with Gasteiger partial charge in [-0.1, -0.05) is 40.7 Å². The van der Waals surface area contributed by atoms with Crippen molar-refractivity contribution in [3.8, 4) is 0 Å². The molecular formula is C21H33N3O3. The normalized spacial score (nSPS) is 18.4. The van der Waals surface area contributed by atoms with Crippen molar-refractivity contribution in [2.45, 2.75) is 40.7 Å². The Morgan fingerprint density at radius 3 is 2.70 bits per heavy atom. The van der Waals surface area contributed by atoms with E-state index >= 15 is 0 Å². The van der Waals surface area contributed by atoms with E-state index < -0.39 is 5.41 Å². The Hall–Kier alpha value is -1.92. The number of amides is 2. The van der Waals surface area contributed by atoms with Gasteiger partial charge in [0, 0.05) is 42.8 Å². The van der Waals surface area contributed by atoms with Crippen molar-refractivity contribution in [2.24, 2.45) is 11.3 Å². The second-order valence-electron chi connectivity index (χ2n) is 8.64. The fourth-order valence-electron chi connectivity index (χ4n) is 2.95. The van der Waals surface area contributed by atoms with Crippen LogP contribution in [0.1, 0.15) is 45.0 Å². The van der Waals surface area contributed by atoms with Gasteiger partial charge in [-0.15, -0.1) is 0 Å². The summed E-state index contributed by atoms with van der Waals surface area (Å²) in [6.07, 6.45) is 0.00484. The molecule has 1 aromatic rings. The number of nitrogens with one attached hydrogen (secondary N) is 2. The Kier molecular flexibility index (Phi) is 7.39. The monoisotopic (exact) mass is 375 g/mol. The molecular weight excluding hydrogens is 342 g/mol. The first-order valence-corrected chi connectivity index (χ1v) is 9.69. The molecule has 1 saturated heterocycles. The number of carbonyl (C=O) groups excluding carboxylic acids is 2. The lowest BCUT2D eigenvalue weighted by Crippen LogP contribution is -2.48. The third-order valence-corrected chi connectivity index (χ3v) is 4.40. The van der Waals surface area contributed by atoms with Gasteiger partial charge in [-0.2, -0.15) is 0 Å². The molecule has 1 aromatic carbocycles. The van der Waals surface area contributed by atoms with Crippen LogP contribution in [0.15, 0.2) is 24.3 Å². The Morgan fingerprint density at radius 1 is 1.30 bits per heavy atom. The highest BCUT2D eigenvalue weighted by atomic mass is 16.5. The van der Waals surface area contributed by atoms with E-state index in [1.54, 1.807) is 24.3 Å². The number of benzene rings is 1. The first-order chi connectivity index (χ1) is 12.6. The lowest BCUT2D eigenvalue weighted by atomic mass is 9.95. The molecule has 2 N–H and O–H groups in total. The summed E-state index contributed by atoms with van der Waals surface area (Å²) in [7, 11) is 0. The van der Waals surface area contributed by atoms with Crippen molar-refractivity contribution in [1.29, 1.82) is 0 Å². The average molecular weight is 376 g/mol. The molecule has 1 unspecified atom stereocenters. The van der Waals surface area contributed by atoms with Gasteiger partial charge in [0.25, 0.3) is 5.91 Å². The fourth-order valence-corrected chi connectivity index (χ4v) is 2.95. The molecule has 1 atom stereocenters. The van der Waals surface area contributed by atoms with E-state index in [1.165, 1.54) is 0 Å². The highest BCUT2D eigenvalue weighted by Gasteiger charge is 2.23. The number of hydrogen-bond acceptors (Lipinski definition) is 4. The maximum atomic E-state index is 12.5. The van der Waals surface area contributed by atoms with Crippen LogP contribution < -0.4 is 10.6 Å². The van der Waals surface area contributed by atoms with E-state index in [-0.39, 0.29) is 17.9 Å². The number of carbonyl (C=O) groups is 2. The molecule has 0 bridgehead atoms. The largest absolute Gasteiger partial charge is 0.374 e. The SMILES string of the molecule is CC(C)CN1CCOC(CNC(=O)c2cccc(NC(=O)C(C)(C)C)c2)C1. The van der Waals surface area contributed by atoms with Gasteiger partial charge in [-0.25, -0.2) is 0 Å². The standard InChI is InChI=1S/C21H33N3O3/c1-15(2)13-24-9-10-27-18(14-24)12-22-19(25)16-7-6-8-17(11-16)23-20(26)21(3,4)5/h6-8,11,15,18H,9-10,12-14H2,1-5H3,(H,22,25)(H,23,26). The van der Waals surface area contributed by atoms with Gasteiger partial charge in [0.15, 0.2) is 0 Å². The molecule has 1 fully saturated rings. The number of nitrogens with zero attached hydrogens (tertiary/aromatic N) is 1. The first kappa shape index (κ1) is 21.4. The summed E-state index contributed by atoms with van der Waals surface area (Å²) in [6, 6.07) is 7.00. The van der Waals surface area contributed by atoms with Crippen molar-refractivity contribution >= 4 is 17.5 Å². The van der Waals surface area contributed by atoms with E-state index in [4.69, 9.17) is 4.74 Å². The number of morpholine rings is 1. The first-order valence-electron chi connectivity index (χ1n) is 9.69. The minimum Gasteiger partial charge on any atom is -0.374 e. The van der Waals surface area contributed by atoms with Crippen molar-refractivity contribution in [1.82, 2.24) is 10.2 Å². The summed E-state index contributed by atoms with van der Waals surface area (Å²) in [5, 5.41) is 5.81. The molecule has 1 aliphatic heterocycles. The van der Waals surface area contributed by atoms with Gasteiger partial charge in [0.05, 0.1) is 12.7 Å². The van der Waals surface area contributed by atoms with Gasteiger partial charge in [0.1, 0.15) is 0 Å². The van der Waals surface area contributed by atoms with Crippen LogP contribution in [0.5, 0.6) is 0 Å². The Labute approximate surface area is 162 Å². The van der Waals surface area contributed by atoms with Gasteiger partial charge in [-0.05, 0) is 24.1 Å². The van der Waals surface area contributed by atoms with Crippen LogP contribution in [0.2, 0.25) is 0 Å². The van der Waals surface area contributed by atoms with Gasteiger partial charge < -0.3 is 15.4 Å². The molecule has 0 saturated carbocycles. The molecule has 2 rings (SSSR count). The lowest BCUT2D eigenvalue weighted by molar-refractivity contribution is -0.123. The van der Waals surface area contributed by atoms with Crippen LogP contribution >= 0.6 is 0 Å². The molecule has 6 nitrogen and oxygen atoms in total. The van der Waals surface area contributed by atoms with Crippen LogP contribution in [-0.2, 0) is 9.53 Å². The predicted octanol–water partition coefficient (Wildman–Crippen LogP) is 2.76. The molecule has 0 spiro atoms. The molecule has 0 aliphatic carbocycles. The van der Waals surface area contributed by atoms with Crippen LogP contribution in [0.4, 0.5) is 5.69 Å². The van der Waals surface area contributed by atoms with Gasteiger partial charge >= 0.3 is 0 Å². The average Bonchev–Trinajstić information content (AvgIpc) is 2.59. The Balaban J connectivity index is 1.89. The van der Waals surface area contributed by atoms with Crippen molar-refractivity contribution in [2.75, 3.05) is 38.1 Å². The van der Waals surface area contributed by atoms with Crippen LogP contribution in [0.25, 0.3) is 0 Å². The zero-order valence-corrected chi connectivity index (χ0v) is 17.2. The van der Waals surface area contributed by atoms with E-state index in [0.29, 0.717) is 30.3 Å². The van der Waals surface area contributed by atoms with Crippen molar-refractivity contribution < 1.29 is 14.3 Å². The Bertz CT molecular complexity index is 652. The highest BCUT2D eigenvalue weighted by molar-refractivity contribution is 5.98. The lowest BCUT2D eigenvalue weighted by Gasteiger charge is -2.33. The van der Waals surface area contributed by atoms with Gasteiger partial charge in [0.2, 0.25) is 5.91 Å². The predicted molar refractivity (Wildman–Crippen MR) is 108 cm³/mol. The van der Waals surface area contributed by atoms with E-state index in [9.17, 15) is 9.59 Å². The highest BCUT2D eigenvalue weighted by Crippen LogP contribution is 2.18. The molecule has 1 aliphatic rings. The van der Waals surface area contributed by atoms with Crippen LogP contribution in [0, 0.1) is 11.3 Å². The second-order valence-corrected chi connectivity index (χ2v) is 8.64. The number of rotatable bonds is 6. The second kappa shape index (κ2) is 9.33.